The van der Waals surface area contributed by atoms with Crippen LogP contribution in [0.15, 0.2) is 17.3 Å². The van der Waals surface area contributed by atoms with Crippen LogP contribution in [-0.2, 0) is 4.74 Å². The highest BCUT2D eigenvalue weighted by molar-refractivity contribution is 7.99. The van der Waals surface area contributed by atoms with Gasteiger partial charge in [0.05, 0.1) is 0 Å². The van der Waals surface area contributed by atoms with Crippen molar-refractivity contribution in [2.24, 2.45) is 0 Å². The van der Waals surface area contributed by atoms with E-state index in [1.165, 1.54) is 0 Å². The quantitative estimate of drug-likeness (QED) is 0.748. The van der Waals surface area contributed by atoms with Gasteiger partial charge in [-0.25, -0.2) is 9.97 Å². The van der Waals surface area contributed by atoms with E-state index >= 15 is 0 Å². The second-order valence-corrected chi connectivity index (χ2v) is 4.50. The molecule has 0 amide bonds. The number of anilines is 1. The van der Waals surface area contributed by atoms with Crippen molar-refractivity contribution in [3.63, 3.8) is 0 Å². The lowest BCUT2D eigenvalue weighted by molar-refractivity contribution is 0.1000. The highest BCUT2D eigenvalue weighted by Gasteiger charge is 2.15. The van der Waals surface area contributed by atoms with Gasteiger partial charge in [0.2, 0.25) is 5.95 Å². The highest BCUT2D eigenvalue weighted by atomic mass is 32.2. The van der Waals surface area contributed by atoms with Crippen molar-refractivity contribution in [3.05, 3.63) is 12.3 Å². The van der Waals surface area contributed by atoms with Gasteiger partial charge in [0.25, 0.3) is 0 Å². The van der Waals surface area contributed by atoms with E-state index < -0.39 is 0 Å². The van der Waals surface area contributed by atoms with Gasteiger partial charge in [-0.15, -0.1) is 11.8 Å². The number of hydrogen-bond acceptors (Lipinski definition) is 5. The largest absolute Gasteiger partial charge is 0.381 e. The summed E-state index contributed by atoms with van der Waals surface area (Å²) in [7, 11) is 0. The molecule has 76 valence electrons. The summed E-state index contributed by atoms with van der Waals surface area (Å²) in [6.07, 6.45) is 3.88. The molecule has 4 nitrogen and oxygen atoms in total. The topological polar surface area (TPSA) is 61.0 Å². The first-order valence-corrected chi connectivity index (χ1v) is 5.55. The van der Waals surface area contributed by atoms with Gasteiger partial charge in [0, 0.05) is 24.7 Å². The van der Waals surface area contributed by atoms with Crippen LogP contribution < -0.4 is 5.73 Å². The minimum Gasteiger partial charge on any atom is -0.381 e. The molecule has 0 atom stereocenters. The zero-order valence-corrected chi connectivity index (χ0v) is 8.67. The van der Waals surface area contributed by atoms with Crippen LogP contribution in [0.2, 0.25) is 0 Å². The Morgan fingerprint density at radius 3 is 2.93 bits per heavy atom. The molecule has 0 unspecified atom stereocenters. The summed E-state index contributed by atoms with van der Waals surface area (Å²) in [5.74, 6) is 0.349. The van der Waals surface area contributed by atoms with Crippen LogP contribution >= 0.6 is 11.8 Å². The lowest BCUT2D eigenvalue weighted by atomic mass is 10.2. The third-order valence-corrected chi connectivity index (χ3v) is 3.38. The van der Waals surface area contributed by atoms with Crippen LogP contribution in [0.5, 0.6) is 0 Å². The molecule has 2 heterocycles. The Morgan fingerprint density at radius 2 is 2.21 bits per heavy atom. The van der Waals surface area contributed by atoms with Crippen molar-refractivity contribution in [1.29, 1.82) is 0 Å². The molecule has 1 aromatic rings. The van der Waals surface area contributed by atoms with Crippen LogP contribution in [0, 0.1) is 0 Å². The number of nitrogens with zero attached hydrogens (tertiary/aromatic N) is 2. The van der Waals surface area contributed by atoms with Gasteiger partial charge in [-0.3, -0.25) is 0 Å². The third kappa shape index (κ3) is 2.59. The molecule has 0 spiro atoms. The summed E-state index contributed by atoms with van der Waals surface area (Å²) >= 11 is 1.77. The van der Waals surface area contributed by atoms with E-state index in [1.54, 1.807) is 18.0 Å². The predicted molar refractivity (Wildman–Crippen MR) is 56.1 cm³/mol. The summed E-state index contributed by atoms with van der Waals surface area (Å²) in [6, 6.07) is 1.90. The summed E-state index contributed by atoms with van der Waals surface area (Å²) in [5, 5.41) is 1.57. The van der Waals surface area contributed by atoms with Crippen molar-refractivity contribution in [3.8, 4) is 0 Å². The summed E-state index contributed by atoms with van der Waals surface area (Å²) < 4.78 is 5.29. The molecule has 1 aliphatic heterocycles. The van der Waals surface area contributed by atoms with Crippen LogP contribution in [0.3, 0.4) is 0 Å². The number of rotatable bonds is 2. The number of ether oxygens (including phenoxy) is 1. The third-order valence-electron chi connectivity index (χ3n) is 2.10. The van der Waals surface area contributed by atoms with E-state index in [4.69, 9.17) is 10.5 Å². The van der Waals surface area contributed by atoms with Crippen LogP contribution in [0.1, 0.15) is 12.8 Å². The fourth-order valence-corrected chi connectivity index (χ4v) is 2.44. The normalized spacial score (nSPS) is 18.3. The number of nitrogens with two attached hydrogens (primary N) is 1. The van der Waals surface area contributed by atoms with Gasteiger partial charge in [-0.1, -0.05) is 0 Å². The summed E-state index contributed by atoms with van der Waals surface area (Å²) in [6.45, 7) is 1.72. The fourth-order valence-electron chi connectivity index (χ4n) is 1.39. The molecule has 0 aromatic carbocycles. The average Bonchev–Trinajstić information content (AvgIpc) is 2.19. The first-order valence-electron chi connectivity index (χ1n) is 4.67. The van der Waals surface area contributed by atoms with E-state index in [0.717, 1.165) is 31.1 Å². The Bertz CT molecular complexity index is 302. The smallest absolute Gasteiger partial charge is 0.221 e. The highest BCUT2D eigenvalue weighted by Crippen LogP contribution is 2.28. The second-order valence-electron chi connectivity index (χ2n) is 3.18. The first-order chi connectivity index (χ1) is 6.84. The van der Waals surface area contributed by atoms with Crippen molar-refractivity contribution >= 4 is 17.7 Å². The van der Waals surface area contributed by atoms with Gasteiger partial charge in [-0.2, -0.15) is 0 Å². The minimum atomic E-state index is 0.349. The predicted octanol–water partition coefficient (Wildman–Crippen LogP) is 1.33. The van der Waals surface area contributed by atoms with E-state index in [2.05, 4.69) is 9.97 Å². The zero-order valence-electron chi connectivity index (χ0n) is 7.85. The number of aromatic nitrogens is 2. The SMILES string of the molecule is Nc1nccc(SC2CCOCC2)n1. The second kappa shape index (κ2) is 4.61. The summed E-state index contributed by atoms with van der Waals surface area (Å²) in [4.78, 5) is 8.02. The van der Waals surface area contributed by atoms with Crippen molar-refractivity contribution in [2.75, 3.05) is 18.9 Å². The van der Waals surface area contributed by atoms with Gasteiger partial charge in [0.1, 0.15) is 5.03 Å². The van der Waals surface area contributed by atoms with Crippen molar-refractivity contribution < 1.29 is 4.74 Å². The molecule has 1 aliphatic rings. The standard InChI is InChI=1S/C9H13N3OS/c10-9-11-4-1-8(12-9)14-7-2-5-13-6-3-7/h1,4,7H,2-3,5-6H2,(H2,10,11,12). The Morgan fingerprint density at radius 1 is 1.43 bits per heavy atom. The first kappa shape index (κ1) is 9.73. The monoisotopic (exact) mass is 211 g/mol. The Kier molecular flexibility index (Phi) is 3.21. The average molecular weight is 211 g/mol. The Labute approximate surface area is 87.3 Å². The molecule has 14 heavy (non-hydrogen) atoms. The van der Waals surface area contributed by atoms with Crippen LogP contribution in [0.25, 0.3) is 0 Å². The van der Waals surface area contributed by atoms with Crippen molar-refractivity contribution in [2.45, 2.75) is 23.1 Å². The molecule has 5 heteroatoms. The van der Waals surface area contributed by atoms with E-state index in [1.807, 2.05) is 6.07 Å². The molecule has 2 rings (SSSR count). The lowest BCUT2D eigenvalue weighted by Crippen LogP contribution is -2.17. The fraction of sp³-hybridized carbons (Fsp3) is 0.556. The minimum absolute atomic E-state index is 0.349. The Hall–Kier alpha value is -0.810. The number of nitrogen functional groups attached to an aromatic ring is 1. The van der Waals surface area contributed by atoms with Crippen LogP contribution in [-0.4, -0.2) is 28.4 Å². The zero-order chi connectivity index (χ0) is 9.80. The van der Waals surface area contributed by atoms with Gasteiger partial charge in [0.15, 0.2) is 0 Å². The molecule has 0 saturated carbocycles. The van der Waals surface area contributed by atoms with E-state index in [0.29, 0.717) is 11.2 Å². The van der Waals surface area contributed by atoms with Gasteiger partial charge in [-0.05, 0) is 18.9 Å². The maximum Gasteiger partial charge on any atom is 0.221 e. The maximum atomic E-state index is 5.50. The van der Waals surface area contributed by atoms with E-state index in [9.17, 15) is 0 Å². The summed E-state index contributed by atoms with van der Waals surface area (Å²) in [5.41, 5.74) is 5.50. The molecule has 0 radical (unpaired) electrons. The molecule has 1 aromatic heterocycles. The molecule has 1 saturated heterocycles. The molecular weight excluding hydrogens is 198 g/mol. The lowest BCUT2D eigenvalue weighted by Gasteiger charge is -2.20. The maximum absolute atomic E-state index is 5.50. The van der Waals surface area contributed by atoms with E-state index in [-0.39, 0.29) is 0 Å². The molecular formula is C9H13N3OS. The number of thioether (sulfide) groups is 1. The molecule has 0 bridgehead atoms. The van der Waals surface area contributed by atoms with Gasteiger partial charge >= 0.3 is 0 Å². The molecule has 0 aliphatic carbocycles. The van der Waals surface area contributed by atoms with Gasteiger partial charge < -0.3 is 10.5 Å². The molecule has 1 fully saturated rings. The number of hydrogen-bond donors (Lipinski definition) is 1. The van der Waals surface area contributed by atoms with Crippen molar-refractivity contribution in [1.82, 2.24) is 9.97 Å². The Balaban J connectivity index is 1.95. The van der Waals surface area contributed by atoms with Crippen LogP contribution in [0.4, 0.5) is 5.95 Å². The molecule has 2 N–H and O–H groups in total.